The fourth-order valence-electron chi connectivity index (χ4n) is 1.66. The van der Waals surface area contributed by atoms with Gasteiger partial charge >= 0.3 is 5.97 Å². The second-order valence-electron chi connectivity index (χ2n) is 4.02. The number of aromatic carboxylic acids is 1. The highest BCUT2D eigenvalue weighted by Crippen LogP contribution is 2.22. The molecule has 1 aromatic heterocycles. The molecule has 2 rings (SSSR count). The van der Waals surface area contributed by atoms with Crippen LogP contribution in [0.1, 0.15) is 21.9 Å². The highest BCUT2D eigenvalue weighted by Gasteiger charge is 2.12. The molecule has 0 saturated carbocycles. The largest absolute Gasteiger partial charge is 0.475 e. The van der Waals surface area contributed by atoms with Crippen LogP contribution >= 0.6 is 0 Å². The minimum Gasteiger partial charge on any atom is -0.475 e. The van der Waals surface area contributed by atoms with Gasteiger partial charge in [0.05, 0.1) is 22.7 Å². The number of nitriles is 1. The number of nitrogens with one attached hydrogen (secondary N) is 1. The SMILES string of the molecule is N#Cc1cc([N+](=O)[O-])ccc1NCc1ccc(C(=O)O)o1. The average molecular weight is 287 g/mol. The van der Waals surface area contributed by atoms with Crippen LogP contribution in [0.15, 0.2) is 34.7 Å². The first-order chi connectivity index (χ1) is 10.0. The van der Waals surface area contributed by atoms with Gasteiger partial charge in [0.15, 0.2) is 0 Å². The van der Waals surface area contributed by atoms with Crippen LogP contribution in [0.25, 0.3) is 0 Å². The van der Waals surface area contributed by atoms with E-state index in [1.165, 1.54) is 24.3 Å². The molecule has 8 nitrogen and oxygen atoms in total. The monoisotopic (exact) mass is 287 g/mol. The molecule has 0 spiro atoms. The van der Waals surface area contributed by atoms with Crippen molar-refractivity contribution in [2.45, 2.75) is 6.54 Å². The molecule has 0 aliphatic rings. The van der Waals surface area contributed by atoms with Crippen molar-refractivity contribution < 1.29 is 19.2 Å². The lowest BCUT2D eigenvalue weighted by molar-refractivity contribution is -0.384. The van der Waals surface area contributed by atoms with Gasteiger partial charge in [0.25, 0.3) is 5.69 Å². The third-order valence-electron chi connectivity index (χ3n) is 2.66. The first-order valence-corrected chi connectivity index (χ1v) is 5.75. The van der Waals surface area contributed by atoms with Gasteiger partial charge in [0.1, 0.15) is 11.8 Å². The van der Waals surface area contributed by atoms with E-state index in [9.17, 15) is 14.9 Å². The summed E-state index contributed by atoms with van der Waals surface area (Å²) < 4.78 is 5.05. The Morgan fingerprint density at radius 2 is 2.19 bits per heavy atom. The molecule has 0 atom stereocenters. The zero-order valence-corrected chi connectivity index (χ0v) is 10.6. The Hall–Kier alpha value is -3.34. The fourth-order valence-corrected chi connectivity index (χ4v) is 1.66. The lowest BCUT2D eigenvalue weighted by Gasteiger charge is -2.06. The summed E-state index contributed by atoms with van der Waals surface area (Å²) in [5, 5.41) is 31.2. The zero-order valence-electron chi connectivity index (χ0n) is 10.6. The van der Waals surface area contributed by atoms with Gasteiger partial charge in [-0.05, 0) is 18.2 Å². The van der Waals surface area contributed by atoms with Crippen molar-refractivity contribution in [3.8, 4) is 6.07 Å². The summed E-state index contributed by atoms with van der Waals surface area (Å²) in [7, 11) is 0. The Balaban J connectivity index is 2.14. The fraction of sp³-hybridized carbons (Fsp3) is 0.0769. The summed E-state index contributed by atoms with van der Waals surface area (Å²) >= 11 is 0. The van der Waals surface area contributed by atoms with E-state index in [1.54, 1.807) is 0 Å². The Labute approximate surface area is 118 Å². The van der Waals surface area contributed by atoms with Crippen LogP contribution in [-0.4, -0.2) is 16.0 Å². The van der Waals surface area contributed by atoms with Gasteiger partial charge in [-0.15, -0.1) is 0 Å². The van der Waals surface area contributed by atoms with Crippen molar-refractivity contribution in [2.24, 2.45) is 0 Å². The highest BCUT2D eigenvalue weighted by molar-refractivity contribution is 5.84. The molecule has 0 aliphatic heterocycles. The molecule has 0 saturated heterocycles. The van der Waals surface area contributed by atoms with Crippen LogP contribution in [0.5, 0.6) is 0 Å². The second kappa shape index (κ2) is 5.75. The zero-order chi connectivity index (χ0) is 15.4. The number of benzene rings is 1. The number of anilines is 1. The lowest BCUT2D eigenvalue weighted by Crippen LogP contribution is -2.01. The summed E-state index contributed by atoms with van der Waals surface area (Å²) in [6.07, 6.45) is 0. The number of carboxylic acid groups (broad SMARTS) is 1. The number of non-ortho nitro benzene ring substituents is 1. The quantitative estimate of drug-likeness (QED) is 0.637. The van der Waals surface area contributed by atoms with Crippen LogP contribution in [0, 0.1) is 21.4 Å². The molecule has 2 aromatic rings. The predicted molar refractivity (Wildman–Crippen MR) is 70.8 cm³/mol. The summed E-state index contributed by atoms with van der Waals surface area (Å²) in [6, 6.07) is 8.52. The maximum absolute atomic E-state index is 10.7. The normalized spacial score (nSPS) is 9.86. The molecule has 106 valence electrons. The summed E-state index contributed by atoms with van der Waals surface area (Å²) in [5.41, 5.74) is 0.342. The van der Waals surface area contributed by atoms with E-state index < -0.39 is 10.9 Å². The Morgan fingerprint density at radius 3 is 2.76 bits per heavy atom. The molecule has 1 aromatic carbocycles. The van der Waals surface area contributed by atoms with Crippen molar-refractivity contribution >= 4 is 17.3 Å². The smallest absolute Gasteiger partial charge is 0.371 e. The lowest BCUT2D eigenvalue weighted by atomic mass is 10.1. The summed E-state index contributed by atoms with van der Waals surface area (Å²) in [5.74, 6) is -0.986. The number of nitrogens with zero attached hydrogens (tertiary/aromatic N) is 2. The molecule has 0 fully saturated rings. The van der Waals surface area contributed by atoms with Gasteiger partial charge in [0, 0.05) is 12.1 Å². The van der Waals surface area contributed by atoms with E-state index in [1.807, 2.05) is 6.07 Å². The number of hydrogen-bond acceptors (Lipinski definition) is 6. The first-order valence-electron chi connectivity index (χ1n) is 5.75. The van der Waals surface area contributed by atoms with Gasteiger partial charge in [-0.25, -0.2) is 4.79 Å². The Bertz CT molecular complexity index is 745. The first kappa shape index (κ1) is 14.1. The minimum atomic E-state index is -1.17. The molecule has 0 aliphatic carbocycles. The van der Waals surface area contributed by atoms with E-state index in [0.717, 1.165) is 6.07 Å². The molecule has 0 bridgehead atoms. The number of rotatable bonds is 5. The number of hydrogen-bond donors (Lipinski definition) is 2. The van der Waals surface area contributed by atoms with E-state index in [0.29, 0.717) is 11.4 Å². The topological polar surface area (TPSA) is 129 Å². The van der Waals surface area contributed by atoms with E-state index in [-0.39, 0.29) is 23.6 Å². The van der Waals surface area contributed by atoms with Gasteiger partial charge in [-0.2, -0.15) is 5.26 Å². The summed E-state index contributed by atoms with van der Waals surface area (Å²) in [4.78, 5) is 20.7. The third-order valence-corrected chi connectivity index (χ3v) is 2.66. The van der Waals surface area contributed by atoms with E-state index in [4.69, 9.17) is 14.8 Å². The van der Waals surface area contributed by atoms with Crippen LogP contribution < -0.4 is 5.32 Å². The van der Waals surface area contributed by atoms with Crippen molar-refractivity contribution in [2.75, 3.05) is 5.32 Å². The van der Waals surface area contributed by atoms with Crippen LogP contribution in [0.3, 0.4) is 0 Å². The molecule has 0 amide bonds. The molecule has 2 N–H and O–H groups in total. The number of furan rings is 1. The molecular formula is C13H9N3O5. The maximum Gasteiger partial charge on any atom is 0.371 e. The maximum atomic E-state index is 10.7. The van der Waals surface area contributed by atoms with E-state index in [2.05, 4.69) is 5.32 Å². The molecular weight excluding hydrogens is 278 g/mol. The molecule has 0 radical (unpaired) electrons. The van der Waals surface area contributed by atoms with Crippen molar-refractivity contribution in [3.05, 3.63) is 57.5 Å². The molecule has 0 unspecified atom stereocenters. The number of nitro benzene ring substituents is 1. The molecule has 21 heavy (non-hydrogen) atoms. The molecule has 8 heteroatoms. The van der Waals surface area contributed by atoms with Crippen LogP contribution in [0.2, 0.25) is 0 Å². The third kappa shape index (κ3) is 3.16. The highest BCUT2D eigenvalue weighted by atomic mass is 16.6. The van der Waals surface area contributed by atoms with Gasteiger partial charge in [0.2, 0.25) is 5.76 Å². The Kier molecular flexibility index (Phi) is 3.85. The van der Waals surface area contributed by atoms with Gasteiger partial charge in [-0.1, -0.05) is 0 Å². The van der Waals surface area contributed by atoms with Crippen LogP contribution in [-0.2, 0) is 6.54 Å². The van der Waals surface area contributed by atoms with Crippen molar-refractivity contribution in [1.29, 1.82) is 5.26 Å². The van der Waals surface area contributed by atoms with Crippen LogP contribution in [0.4, 0.5) is 11.4 Å². The average Bonchev–Trinajstić information content (AvgIpc) is 2.93. The van der Waals surface area contributed by atoms with Crippen molar-refractivity contribution in [3.63, 3.8) is 0 Å². The number of nitro groups is 1. The number of carbonyl (C=O) groups is 1. The van der Waals surface area contributed by atoms with E-state index >= 15 is 0 Å². The van der Waals surface area contributed by atoms with Gasteiger partial charge in [-0.3, -0.25) is 10.1 Å². The standard InChI is InChI=1S/C13H9N3O5/c14-6-8-5-9(16(19)20)1-3-11(8)15-7-10-2-4-12(21-10)13(17)18/h1-5,15H,7H2,(H,17,18). The molecule has 1 heterocycles. The predicted octanol–water partition coefficient (Wildman–Crippen LogP) is 2.37. The number of carboxylic acids is 1. The summed E-state index contributed by atoms with van der Waals surface area (Å²) in [6.45, 7) is 0.153. The van der Waals surface area contributed by atoms with Crippen molar-refractivity contribution in [1.82, 2.24) is 0 Å². The Morgan fingerprint density at radius 1 is 1.43 bits per heavy atom. The minimum absolute atomic E-state index is 0.120. The second-order valence-corrected chi connectivity index (χ2v) is 4.02. The van der Waals surface area contributed by atoms with Gasteiger partial charge < -0.3 is 14.8 Å².